The molecule has 3 heteroatoms. The Balaban J connectivity index is 2.07. The molecular weight excluding hydrogens is 228 g/mol. The van der Waals surface area contributed by atoms with E-state index in [-0.39, 0.29) is 17.5 Å². The van der Waals surface area contributed by atoms with Crippen LogP contribution in [0.25, 0.3) is 0 Å². The van der Waals surface area contributed by atoms with Crippen LogP contribution in [0.2, 0.25) is 0 Å². The van der Waals surface area contributed by atoms with Crippen molar-refractivity contribution in [3.05, 3.63) is 35.4 Å². The van der Waals surface area contributed by atoms with Crippen molar-refractivity contribution in [3.63, 3.8) is 0 Å². The van der Waals surface area contributed by atoms with Gasteiger partial charge in [0.15, 0.2) is 0 Å². The van der Waals surface area contributed by atoms with E-state index in [1.54, 1.807) is 0 Å². The number of rotatable bonds is 4. The first kappa shape index (κ1) is 13.1. The van der Waals surface area contributed by atoms with Crippen molar-refractivity contribution in [3.8, 4) is 0 Å². The van der Waals surface area contributed by atoms with E-state index >= 15 is 0 Å². The zero-order valence-electron chi connectivity index (χ0n) is 11.2. The van der Waals surface area contributed by atoms with Crippen molar-refractivity contribution >= 4 is 5.97 Å². The molecule has 1 fully saturated rings. The van der Waals surface area contributed by atoms with Crippen molar-refractivity contribution in [1.82, 2.24) is 0 Å². The number of esters is 1. The lowest BCUT2D eigenvalue weighted by Crippen LogP contribution is -2.16. The highest BCUT2D eigenvalue weighted by Crippen LogP contribution is 2.23. The second kappa shape index (κ2) is 5.11. The van der Waals surface area contributed by atoms with Gasteiger partial charge in [-0.25, -0.2) is 4.79 Å². The monoisotopic (exact) mass is 248 g/mol. The molecule has 0 spiro atoms. The SMILES string of the molecule is CC(C)(C)Cc1ccccc1C(=O)OCC1CO1. The Kier molecular flexibility index (Phi) is 3.71. The van der Waals surface area contributed by atoms with Crippen LogP contribution in [0.15, 0.2) is 24.3 Å². The van der Waals surface area contributed by atoms with E-state index in [4.69, 9.17) is 9.47 Å². The molecule has 0 aromatic heterocycles. The van der Waals surface area contributed by atoms with Crippen LogP contribution < -0.4 is 0 Å². The van der Waals surface area contributed by atoms with Crippen molar-refractivity contribution < 1.29 is 14.3 Å². The number of carbonyl (C=O) groups is 1. The molecule has 1 atom stereocenters. The van der Waals surface area contributed by atoms with Crippen LogP contribution in [0.1, 0.15) is 36.7 Å². The molecule has 2 rings (SSSR count). The lowest BCUT2D eigenvalue weighted by Gasteiger charge is -2.19. The Morgan fingerprint density at radius 1 is 1.39 bits per heavy atom. The van der Waals surface area contributed by atoms with Gasteiger partial charge < -0.3 is 9.47 Å². The molecule has 1 aliphatic heterocycles. The quantitative estimate of drug-likeness (QED) is 0.607. The first-order valence-electron chi connectivity index (χ1n) is 6.32. The minimum atomic E-state index is -0.245. The predicted octanol–water partition coefficient (Wildman–Crippen LogP) is 2.83. The molecule has 1 heterocycles. The van der Waals surface area contributed by atoms with Crippen LogP contribution in [0.4, 0.5) is 0 Å². The first-order valence-corrected chi connectivity index (χ1v) is 6.32. The van der Waals surface area contributed by atoms with Crippen LogP contribution in [0.5, 0.6) is 0 Å². The minimum absolute atomic E-state index is 0.115. The van der Waals surface area contributed by atoms with Crippen molar-refractivity contribution in [2.45, 2.75) is 33.3 Å². The van der Waals surface area contributed by atoms with Gasteiger partial charge >= 0.3 is 5.97 Å². The number of ether oxygens (including phenoxy) is 2. The topological polar surface area (TPSA) is 38.8 Å². The van der Waals surface area contributed by atoms with Crippen molar-refractivity contribution in [1.29, 1.82) is 0 Å². The van der Waals surface area contributed by atoms with Crippen LogP contribution in [0.3, 0.4) is 0 Å². The largest absolute Gasteiger partial charge is 0.459 e. The minimum Gasteiger partial charge on any atom is -0.459 e. The van der Waals surface area contributed by atoms with E-state index in [9.17, 15) is 4.79 Å². The van der Waals surface area contributed by atoms with Crippen LogP contribution in [-0.2, 0) is 15.9 Å². The molecule has 0 N–H and O–H groups in total. The predicted molar refractivity (Wildman–Crippen MR) is 69.6 cm³/mol. The summed E-state index contributed by atoms with van der Waals surface area (Å²) in [6.07, 6.45) is 0.974. The van der Waals surface area contributed by atoms with E-state index in [0.717, 1.165) is 12.0 Å². The highest BCUT2D eigenvalue weighted by atomic mass is 16.6. The molecular formula is C15H20O3. The van der Waals surface area contributed by atoms with E-state index in [0.29, 0.717) is 18.8 Å². The van der Waals surface area contributed by atoms with Crippen LogP contribution >= 0.6 is 0 Å². The second-order valence-electron chi connectivity index (χ2n) is 5.95. The summed E-state index contributed by atoms with van der Waals surface area (Å²) in [5, 5.41) is 0. The third kappa shape index (κ3) is 3.84. The molecule has 0 saturated carbocycles. The number of hydrogen-bond donors (Lipinski definition) is 0. The second-order valence-corrected chi connectivity index (χ2v) is 5.95. The van der Waals surface area contributed by atoms with Gasteiger partial charge in [-0.15, -0.1) is 0 Å². The summed E-state index contributed by atoms with van der Waals surface area (Å²) in [6, 6.07) is 7.66. The molecule has 98 valence electrons. The van der Waals surface area contributed by atoms with Gasteiger partial charge in [0.25, 0.3) is 0 Å². The van der Waals surface area contributed by atoms with E-state index in [1.807, 2.05) is 24.3 Å². The fourth-order valence-electron chi connectivity index (χ4n) is 1.86. The molecule has 1 aromatic carbocycles. The van der Waals surface area contributed by atoms with Gasteiger partial charge in [0.2, 0.25) is 0 Å². The van der Waals surface area contributed by atoms with E-state index in [1.165, 1.54) is 0 Å². The lowest BCUT2D eigenvalue weighted by molar-refractivity contribution is 0.0475. The fourth-order valence-corrected chi connectivity index (χ4v) is 1.86. The van der Waals surface area contributed by atoms with Gasteiger partial charge in [0.05, 0.1) is 12.2 Å². The highest BCUT2D eigenvalue weighted by Gasteiger charge is 2.25. The van der Waals surface area contributed by atoms with Gasteiger partial charge in [-0.05, 0) is 23.5 Å². The maximum Gasteiger partial charge on any atom is 0.338 e. The van der Waals surface area contributed by atoms with Gasteiger partial charge in [-0.1, -0.05) is 39.0 Å². The summed E-state index contributed by atoms with van der Waals surface area (Å²) in [5.74, 6) is -0.245. The number of carbonyl (C=O) groups excluding carboxylic acids is 1. The summed E-state index contributed by atoms with van der Waals surface area (Å²) in [6.45, 7) is 7.55. The molecule has 1 aliphatic rings. The van der Waals surface area contributed by atoms with Crippen molar-refractivity contribution in [2.75, 3.05) is 13.2 Å². The molecule has 0 aliphatic carbocycles. The maximum absolute atomic E-state index is 12.0. The highest BCUT2D eigenvalue weighted by molar-refractivity contribution is 5.91. The molecule has 3 nitrogen and oxygen atoms in total. The van der Waals surface area contributed by atoms with Gasteiger partial charge in [-0.3, -0.25) is 0 Å². The van der Waals surface area contributed by atoms with Gasteiger partial charge in [-0.2, -0.15) is 0 Å². The average molecular weight is 248 g/mol. The standard InChI is InChI=1S/C15H20O3/c1-15(2,3)8-11-6-4-5-7-13(11)14(16)18-10-12-9-17-12/h4-7,12H,8-10H2,1-3H3. The van der Waals surface area contributed by atoms with Crippen LogP contribution in [0, 0.1) is 5.41 Å². The normalized spacial score (nSPS) is 18.5. The Bertz CT molecular complexity index is 428. The van der Waals surface area contributed by atoms with Gasteiger partial charge in [0.1, 0.15) is 12.7 Å². The summed E-state index contributed by atoms with van der Waals surface area (Å²) in [7, 11) is 0. The molecule has 1 saturated heterocycles. The summed E-state index contributed by atoms with van der Waals surface area (Å²) >= 11 is 0. The Labute approximate surface area is 108 Å². The number of benzene rings is 1. The average Bonchev–Trinajstić information content (AvgIpc) is 3.08. The molecule has 1 unspecified atom stereocenters. The molecule has 0 amide bonds. The third-order valence-corrected chi connectivity index (χ3v) is 2.76. The molecule has 1 aromatic rings. The molecule has 0 bridgehead atoms. The Morgan fingerprint density at radius 3 is 2.67 bits per heavy atom. The molecule has 18 heavy (non-hydrogen) atoms. The zero-order chi connectivity index (χ0) is 13.2. The fraction of sp³-hybridized carbons (Fsp3) is 0.533. The zero-order valence-corrected chi connectivity index (χ0v) is 11.2. The summed E-state index contributed by atoms with van der Waals surface area (Å²) in [5.41, 5.74) is 1.87. The van der Waals surface area contributed by atoms with E-state index in [2.05, 4.69) is 20.8 Å². The smallest absolute Gasteiger partial charge is 0.338 e. The Hall–Kier alpha value is -1.35. The first-order chi connectivity index (χ1) is 8.46. The lowest BCUT2D eigenvalue weighted by atomic mass is 9.86. The van der Waals surface area contributed by atoms with Crippen LogP contribution in [-0.4, -0.2) is 25.3 Å². The summed E-state index contributed by atoms with van der Waals surface area (Å²) in [4.78, 5) is 12.0. The maximum atomic E-state index is 12.0. The van der Waals surface area contributed by atoms with Crippen molar-refractivity contribution in [2.24, 2.45) is 5.41 Å². The summed E-state index contributed by atoms with van der Waals surface area (Å²) < 4.78 is 10.3. The van der Waals surface area contributed by atoms with E-state index < -0.39 is 0 Å². The van der Waals surface area contributed by atoms with Gasteiger partial charge in [0, 0.05) is 0 Å². The number of hydrogen-bond acceptors (Lipinski definition) is 3. The third-order valence-electron chi connectivity index (χ3n) is 2.76. The molecule has 0 radical (unpaired) electrons. The number of epoxide rings is 1. The Morgan fingerprint density at radius 2 is 2.06 bits per heavy atom.